The fourth-order valence-electron chi connectivity index (χ4n) is 1.94. The summed E-state index contributed by atoms with van der Waals surface area (Å²) in [6.45, 7) is 0. The van der Waals surface area contributed by atoms with Crippen LogP contribution in [0.15, 0.2) is 48.8 Å². The Hall–Kier alpha value is -3.02. The second-order valence-corrected chi connectivity index (χ2v) is 4.20. The monoisotopic (exact) mass is 279 g/mol. The van der Waals surface area contributed by atoms with Gasteiger partial charge in [-0.05, 0) is 24.3 Å². The van der Waals surface area contributed by atoms with Crippen molar-refractivity contribution in [1.82, 2.24) is 19.7 Å². The van der Waals surface area contributed by atoms with Crippen LogP contribution >= 0.6 is 0 Å². The third-order valence-electron chi connectivity index (χ3n) is 2.92. The Morgan fingerprint density at radius 1 is 1.19 bits per heavy atom. The zero-order valence-electron chi connectivity index (χ0n) is 11.2. The fraction of sp³-hybridized carbons (Fsp3) is 0.0667. The van der Waals surface area contributed by atoms with Crippen LogP contribution in [-0.2, 0) is 4.79 Å². The van der Waals surface area contributed by atoms with Crippen molar-refractivity contribution in [1.29, 1.82) is 0 Å². The van der Waals surface area contributed by atoms with E-state index in [9.17, 15) is 4.79 Å². The second kappa shape index (κ2) is 5.54. The van der Waals surface area contributed by atoms with E-state index in [1.54, 1.807) is 48.7 Å². The van der Waals surface area contributed by atoms with Gasteiger partial charge in [-0.15, -0.1) is 0 Å². The zero-order valence-corrected chi connectivity index (χ0v) is 11.2. The number of carbonyl (C=O) groups excluding carboxylic acids is 1. The van der Waals surface area contributed by atoms with Gasteiger partial charge in [0.1, 0.15) is 5.69 Å². The Morgan fingerprint density at radius 3 is 2.71 bits per heavy atom. The summed E-state index contributed by atoms with van der Waals surface area (Å²) in [4.78, 5) is 19.3. The maximum absolute atomic E-state index is 10.9. The highest BCUT2D eigenvalue weighted by Crippen LogP contribution is 2.22. The number of nitrogens with zero attached hydrogens (tertiary/aromatic N) is 4. The molecule has 0 aliphatic carbocycles. The van der Waals surface area contributed by atoms with Crippen LogP contribution in [0.1, 0.15) is 5.69 Å². The van der Waals surface area contributed by atoms with Crippen LogP contribution in [0.2, 0.25) is 0 Å². The number of hydrogen-bond donors (Lipinski definition) is 0. The minimum absolute atomic E-state index is 0.214. The molecule has 21 heavy (non-hydrogen) atoms. The summed E-state index contributed by atoms with van der Waals surface area (Å²) >= 11 is 0. The van der Waals surface area contributed by atoms with E-state index in [1.165, 1.54) is 0 Å². The first kappa shape index (κ1) is 13.0. The SMILES string of the molecule is COc1ccc(-n2nc([C]=O)cc2-c2ccccn2)cn1. The molecular weight excluding hydrogens is 268 g/mol. The molecule has 3 aromatic heterocycles. The zero-order chi connectivity index (χ0) is 14.7. The van der Waals surface area contributed by atoms with Gasteiger partial charge in [0, 0.05) is 12.3 Å². The number of aromatic nitrogens is 4. The van der Waals surface area contributed by atoms with E-state index in [-0.39, 0.29) is 5.69 Å². The highest BCUT2D eigenvalue weighted by Gasteiger charge is 2.13. The predicted molar refractivity (Wildman–Crippen MR) is 75.9 cm³/mol. The van der Waals surface area contributed by atoms with Crippen molar-refractivity contribution in [2.45, 2.75) is 0 Å². The first-order valence-electron chi connectivity index (χ1n) is 6.22. The summed E-state index contributed by atoms with van der Waals surface area (Å²) < 4.78 is 6.64. The van der Waals surface area contributed by atoms with Gasteiger partial charge in [-0.25, -0.2) is 9.67 Å². The minimum atomic E-state index is 0.214. The summed E-state index contributed by atoms with van der Waals surface area (Å²) in [6, 6.07) is 10.7. The molecule has 0 atom stereocenters. The summed E-state index contributed by atoms with van der Waals surface area (Å²) in [7, 11) is 1.55. The molecule has 3 aromatic rings. The maximum atomic E-state index is 10.9. The molecule has 0 aliphatic heterocycles. The lowest BCUT2D eigenvalue weighted by atomic mass is 10.2. The number of ether oxygens (including phenoxy) is 1. The summed E-state index contributed by atoms with van der Waals surface area (Å²) in [5.74, 6) is 0.507. The van der Waals surface area contributed by atoms with Crippen molar-refractivity contribution in [2.24, 2.45) is 0 Å². The Kier molecular flexibility index (Phi) is 3.42. The van der Waals surface area contributed by atoms with Gasteiger partial charge in [0.05, 0.1) is 30.4 Å². The molecule has 3 heterocycles. The molecule has 6 heteroatoms. The Balaban J connectivity index is 2.12. The van der Waals surface area contributed by atoms with Crippen LogP contribution in [0.5, 0.6) is 5.88 Å². The molecule has 6 nitrogen and oxygen atoms in total. The van der Waals surface area contributed by atoms with Crippen molar-refractivity contribution in [2.75, 3.05) is 7.11 Å². The molecule has 1 radical (unpaired) electrons. The largest absolute Gasteiger partial charge is 0.481 e. The van der Waals surface area contributed by atoms with E-state index < -0.39 is 0 Å². The van der Waals surface area contributed by atoms with E-state index >= 15 is 0 Å². The lowest BCUT2D eigenvalue weighted by Gasteiger charge is -2.07. The molecule has 0 bridgehead atoms. The van der Waals surface area contributed by atoms with Gasteiger partial charge in [0.25, 0.3) is 6.29 Å². The number of methoxy groups -OCH3 is 1. The number of pyridine rings is 2. The van der Waals surface area contributed by atoms with Crippen molar-refractivity contribution < 1.29 is 9.53 Å². The molecule has 0 N–H and O–H groups in total. The highest BCUT2D eigenvalue weighted by atomic mass is 16.5. The Labute approximate surface area is 121 Å². The molecule has 0 saturated carbocycles. The van der Waals surface area contributed by atoms with E-state index in [0.29, 0.717) is 23.0 Å². The van der Waals surface area contributed by atoms with Crippen molar-refractivity contribution in [3.05, 3.63) is 54.5 Å². The molecule has 0 spiro atoms. The maximum Gasteiger partial charge on any atom is 0.255 e. The van der Waals surface area contributed by atoms with Crippen LogP contribution in [0.4, 0.5) is 0 Å². The standard InChI is InChI=1S/C15H11N4O2/c1-21-15-6-5-12(9-17-15)19-14(8-11(10-20)18-19)13-4-2-3-7-16-13/h2-9H,1H3. The molecular formula is C15H11N4O2. The van der Waals surface area contributed by atoms with Crippen LogP contribution in [0.3, 0.4) is 0 Å². The summed E-state index contributed by atoms with van der Waals surface area (Å²) in [5, 5.41) is 4.20. The number of rotatable bonds is 4. The van der Waals surface area contributed by atoms with Gasteiger partial charge in [-0.1, -0.05) is 6.07 Å². The topological polar surface area (TPSA) is 69.9 Å². The average Bonchev–Trinajstić information content (AvgIpc) is 3.00. The van der Waals surface area contributed by atoms with Crippen LogP contribution in [-0.4, -0.2) is 33.1 Å². The van der Waals surface area contributed by atoms with Crippen molar-refractivity contribution in [3.63, 3.8) is 0 Å². The smallest absolute Gasteiger partial charge is 0.255 e. The molecule has 0 aromatic carbocycles. The fourth-order valence-corrected chi connectivity index (χ4v) is 1.94. The van der Waals surface area contributed by atoms with Gasteiger partial charge in [0.15, 0.2) is 0 Å². The number of hydrogen-bond acceptors (Lipinski definition) is 5. The third kappa shape index (κ3) is 2.51. The summed E-state index contributed by atoms with van der Waals surface area (Å²) in [6.07, 6.45) is 5.10. The molecule has 3 rings (SSSR count). The van der Waals surface area contributed by atoms with E-state index in [0.717, 1.165) is 0 Å². The first-order valence-corrected chi connectivity index (χ1v) is 6.22. The quantitative estimate of drug-likeness (QED) is 0.728. The Morgan fingerprint density at radius 2 is 2.10 bits per heavy atom. The lowest BCUT2D eigenvalue weighted by molar-refractivity contribution is 0.397. The van der Waals surface area contributed by atoms with Gasteiger partial charge in [0.2, 0.25) is 5.88 Å². The van der Waals surface area contributed by atoms with Crippen molar-refractivity contribution >= 4 is 6.29 Å². The van der Waals surface area contributed by atoms with Crippen molar-refractivity contribution in [3.8, 4) is 23.0 Å². The lowest BCUT2D eigenvalue weighted by Crippen LogP contribution is -2.01. The molecule has 0 unspecified atom stereocenters. The van der Waals surface area contributed by atoms with E-state index in [1.807, 2.05) is 18.2 Å². The second-order valence-electron chi connectivity index (χ2n) is 4.20. The highest BCUT2D eigenvalue weighted by molar-refractivity contribution is 5.76. The minimum Gasteiger partial charge on any atom is -0.481 e. The Bertz CT molecular complexity index is 751. The molecule has 0 fully saturated rings. The molecule has 0 saturated heterocycles. The molecule has 0 aliphatic rings. The van der Waals surface area contributed by atoms with Crippen LogP contribution in [0.25, 0.3) is 17.1 Å². The van der Waals surface area contributed by atoms with Gasteiger partial charge >= 0.3 is 0 Å². The molecule has 103 valence electrons. The predicted octanol–water partition coefficient (Wildman–Crippen LogP) is 1.80. The van der Waals surface area contributed by atoms with Crippen LogP contribution < -0.4 is 4.74 Å². The summed E-state index contributed by atoms with van der Waals surface area (Å²) in [5.41, 5.74) is 2.33. The van der Waals surface area contributed by atoms with E-state index in [4.69, 9.17) is 4.74 Å². The van der Waals surface area contributed by atoms with Gasteiger partial charge in [-0.3, -0.25) is 9.78 Å². The van der Waals surface area contributed by atoms with Gasteiger partial charge in [-0.2, -0.15) is 5.10 Å². The average molecular weight is 279 g/mol. The molecule has 0 amide bonds. The van der Waals surface area contributed by atoms with Gasteiger partial charge < -0.3 is 4.74 Å². The van der Waals surface area contributed by atoms with E-state index in [2.05, 4.69) is 15.1 Å². The van der Waals surface area contributed by atoms with Crippen LogP contribution in [0, 0.1) is 0 Å². The first-order chi connectivity index (χ1) is 10.3. The third-order valence-corrected chi connectivity index (χ3v) is 2.92. The normalized spacial score (nSPS) is 10.3.